The third-order valence-electron chi connectivity index (χ3n) is 1.30. The molecule has 0 atom stereocenters. The van der Waals surface area contributed by atoms with E-state index in [1.165, 1.54) is 12.3 Å². The van der Waals surface area contributed by atoms with E-state index in [2.05, 4.69) is 4.98 Å². The van der Waals surface area contributed by atoms with Gasteiger partial charge in [0, 0.05) is 5.46 Å². The molecule has 0 spiro atoms. The van der Waals surface area contributed by atoms with Gasteiger partial charge in [0.25, 0.3) is 0 Å². The van der Waals surface area contributed by atoms with Crippen molar-refractivity contribution in [1.29, 1.82) is 0 Å². The van der Waals surface area contributed by atoms with E-state index in [0.717, 1.165) is 0 Å². The fourth-order valence-electron chi connectivity index (χ4n) is 0.754. The summed E-state index contributed by atoms with van der Waals surface area (Å²) in [5.41, 5.74) is 0.104. The second-order valence-corrected chi connectivity index (χ2v) is 2.45. The SMILES string of the molecule is [2H]COc1cnc(Cl)cc1B(O)O. The van der Waals surface area contributed by atoms with Gasteiger partial charge in [-0.05, 0) is 6.07 Å². The predicted octanol–water partition coefficient (Wildman–Crippen LogP) is -0.577. The molecule has 4 nitrogen and oxygen atoms in total. The van der Waals surface area contributed by atoms with E-state index in [4.69, 9.17) is 27.8 Å². The van der Waals surface area contributed by atoms with E-state index in [0.29, 0.717) is 0 Å². The Labute approximate surface area is 76.3 Å². The highest BCUT2D eigenvalue weighted by Gasteiger charge is 2.17. The Hall–Kier alpha value is -0.775. The van der Waals surface area contributed by atoms with Gasteiger partial charge in [0.2, 0.25) is 0 Å². The summed E-state index contributed by atoms with van der Waals surface area (Å²) in [6.07, 6.45) is 1.24. The first-order valence-corrected chi connectivity index (χ1v) is 3.46. The van der Waals surface area contributed by atoms with Crippen molar-refractivity contribution in [3.63, 3.8) is 0 Å². The molecule has 0 amide bonds. The average Bonchev–Trinajstić information content (AvgIpc) is 2.08. The molecule has 0 bridgehead atoms. The molecule has 0 saturated carbocycles. The highest BCUT2D eigenvalue weighted by molar-refractivity contribution is 6.60. The van der Waals surface area contributed by atoms with Crippen LogP contribution in [0.15, 0.2) is 12.3 Å². The van der Waals surface area contributed by atoms with Crippen LogP contribution in [0.3, 0.4) is 0 Å². The third kappa shape index (κ3) is 1.88. The smallest absolute Gasteiger partial charge is 0.492 e. The lowest BCUT2D eigenvalue weighted by Crippen LogP contribution is -2.31. The molecule has 1 rings (SSSR count). The molecule has 6 heteroatoms. The first-order chi connectivity index (χ1) is 6.15. The minimum absolute atomic E-state index is 0.104. The van der Waals surface area contributed by atoms with Crippen molar-refractivity contribution in [3.8, 4) is 5.75 Å². The number of aromatic nitrogens is 1. The largest absolute Gasteiger partial charge is 0.496 e. The number of nitrogens with zero attached hydrogens (tertiary/aromatic N) is 1. The molecule has 0 fully saturated rings. The maximum Gasteiger partial charge on any atom is 0.492 e. The summed E-state index contributed by atoms with van der Waals surface area (Å²) >= 11 is 5.53. The Morgan fingerprint density at radius 3 is 3.08 bits per heavy atom. The number of pyridine rings is 1. The Balaban J connectivity index is 3.03. The average molecular weight is 188 g/mol. The molecule has 0 saturated heterocycles. The number of methoxy groups -OCH3 is 1. The molecule has 0 radical (unpaired) electrons. The highest BCUT2D eigenvalue weighted by Crippen LogP contribution is 2.09. The zero-order valence-corrected chi connectivity index (χ0v) is 6.82. The van der Waals surface area contributed by atoms with Gasteiger partial charge in [-0.25, -0.2) is 4.98 Å². The first kappa shape index (κ1) is 7.85. The Kier molecular flexibility index (Phi) is 2.46. The summed E-state index contributed by atoms with van der Waals surface area (Å²) in [5, 5.41) is 17.9. The molecule has 64 valence electrons. The molecule has 2 N–H and O–H groups in total. The van der Waals surface area contributed by atoms with Crippen LogP contribution in [0.25, 0.3) is 0 Å². The fourth-order valence-corrected chi connectivity index (χ4v) is 0.920. The summed E-state index contributed by atoms with van der Waals surface area (Å²) in [5.74, 6) is 0.148. The number of halogens is 1. The normalized spacial score (nSPS) is 10.8. The second-order valence-electron chi connectivity index (χ2n) is 2.06. The second kappa shape index (κ2) is 3.75. The topological polar surface area (TPSA) is 62.6 Å². The van der Waals surface area contributed by atoms with E-state index in [1.54, 1.807) is 0 Å². The highest BCUT2D eigenvalue weighted by atomic mass is 35.5. The van der Waals surface area contributed by atoms with Crippen molar-refractivity contribution in [2.45, 2.75) is 0 Å². The predicted molar refractivity (Wildman–Crippen MR) is 45.6 cm³/mol. The van der Waals surface area contributed by atoms with Crippen LogP contribution < -0.4 is 10.2 Å². The van der Waals surface area contributed by atoms with E-state index in [-0.39, 0.29) is 23.5 Å². The van der Waals surface area contributed by atoms with Gasteiger partial charge >= 0.3 is 7.12 Å². The monoisotopic (exact) mass is 188 g/mol. The van der Waals surface area contributed by atoms with Gasteiger partial charge in [-0.2, -0.15) is 0 Å². The molecule has 1 aromatic heterocycles. The van der Waals surface area contributed by atoms with Gasteiger partial charge < -0.3 is 14.8 Å². The molecule has 1 heterocycles. The summed E-state index contributed by atoms with van der Waals surface area (Å²) < 4.78 is 11.6. The standard InChI is InChI=1S/C6H7BClNO3/c1-12-5-3-9-6(8)2-4(5)7(10)11/h2-3,10-11H,1H3/i1D. The third-order valence-corrected chi connectivity index (χ3v) is 1.50. The van der Waals surface area contributed by atoms with Gasteiger partial charge in [0.1, 0.15) is 10.9 Å². The van der Waals surface area contributed by atoms with Gasteiger partial charge in [-0.1, -0.05) is 11.6 Å². The lowest BCUT2D eigenvalue weighted by Gasteiger charge is -2.06. The van der Waals surface area contributed by atoms with Crippen LogP contribution in [0.4, 0.5) is 0 Å². The van der Waals surface area contributed by atoms with Crippen LogP contribution in [0.5, 0.6) is 5.75 Å². The molecule has 0 aliphatic carbocycles. The van der Waals surface area contributed by atoms with Crippen molar-refractivity contribution in [2.24, 2.45) is 0 Å². The van der Waals surface area contributed by atoms with Crippen molar-refractivity contribution in [3.05, 3.63) is 17.4 Å². The quantitative estimate of drug-likeness (QED) is 0.482. The van der Waals surface area contributed by atoms with Crippen LogP contribution in [-0.4, -0.2) is 29.2 Å². The molecular formula is C6H7BClNO3. The lowest BCUT2D eigenvalue weighted by atomic mass is 9.80. The molecule has 0 unspecified atom stereocenters. The van der Waals surface area contributed by atoms with Crippen LogP contribution in [-0.2, 0) is 0 Å². The van der Waals surface area contributed by atoms with Gasteiger partial charge in [-0.3, -0.25) is 0 Å². The molecule has 0 aliphatic rings. The van der Waals surface area contributed by atoms with E-state index < -0.39 is 7.12 Å². The summed E-state index contributed by atoms with van der Waals surface area (Å²) in [7, 11) is -2.00. The fraction of sp³-hybridized carbons (Fsp3) is 0.167. The number of ether oxygens (including phenoxy) is 1. The Morgan fingerprint density at radius 1 is 1.75 bits per heavy atom. The number of hydrogen-bond donors (Lipinski definition) is 2. The maximum atomic E-state index is 8.88. The molecule has 12 heavy (non-hydrogen) atoms. The summed E-state index contributed by atoms with van der Waals surface area (Å²) in [4.78, 5) is 3.68. The molecule has 0 aliphatic heterocycles. The van der Waals surface area contributed by atoms with Gasteiger partial charge in [-0.15, -0.1) is 0 Å². The van der Waals surface area contributed by atoms with Crippen LogP contribution >= 0.6 is 11.6 Å². The van der Waals surface area contributed by atoms with Crippen LogP contribution in [0.1, 0.15) is 1.37 Å². The summed E-state index contributed by atoms with van der Waals surface area (Å²) in [6.45, 7) is 0. The van der Waals surface area contributed by atoms with E-state index in [9.17, 15) is 0 Å². The maximum absolute atomic E-state index is 8.88. The molecule has 0 aromatic carbocycles. The number of hydrogen-bond acceptors (Lipinski definition) is 4. The van der Waals surface area contributed by atoms with Crippen molar-refractivity contribution < 1.29 is 16.2 Å². The van der Waals surface area contributed by atoms with Crippen LogP contribution in [0, 0.1) is 0 Å². The minimum atomic E-state index is -1.68. The van der Waals surface area contributed by atoms with Crippen molar-refractivity contribution in [2.75, 3.05) is 7.09 Å². The van der Waals surface area contributed by atoms with Gasteiger partial charge in [0.05, 0.1) is 14.7 Å². The molecular weight excluding hydrogens is 180 g/mol. The van der Waals surface area contributed by atoms with E-state index >= 15 is 0 Å². The van der Waals surface area contributed by atoms with Crippen molar-refractivity contribution >= 4 is 24.2 Å². The first-order valence-electron chi connectivity index (χ1n) is 3.79. The van der Waals surface area contributed by atoms with Crippen molar-refractivity contribution in [1.82, 2.24) is 4.98 Å². The lowest BCUT2D eigenvalue weighted by molar-refractivity contribution is 0.402. The summed E-state index contributed by atoms with van der Waals surface area (Å²) in [6, 6.07) is 1.28. The zero-order chi connectivity index (χ0) is 9.84. The Morgan fingerprint density at radius 2 is 2.50 bits per heavy atom. The van der Waals surface area contributed by atoms with Gasteiger partial charge in [0.15, 0.2) is 0 Å². The number of rotatable bonds is 2. The minimum Gasteiger partial charge on any atom is -0.496 e. The Bertz CT molecular complexity index is 299. The molecule has 1 aromatic rings. The van der Waals surface area contributed by atoms with Crippen LogP contribution in [0.2, 0.25) is 5.15 Å². The van der Waals surface area contributed by atoms with E-state index in [1.807, 2.05) is 0 Å². The zero-order valence-electron chi connectivity index (χ0n) is 7.07.